The van der Waals surface area contributed by atoms with Gasteiger partial charge in [0.05, 0.1) is 12.1 Å². The van der Waals surface area contributed by atoms with E-state index in [-0.39, 0.29) is 19.3 Å². The molecule has 1 fully saturated rings. The second kappa shape index (κ2) is 5.35. The van der Waals surface area contributed by atoms with Gasteiger partial charge in [-0.05, 0) is 5.41 Å². The molecule has 2 aliphatic rings. The van der Waals surface area contributed by atoms with Crippen LogP contribution in [-0.4, -0.2) is 33.8 Å². The van der Waals surface area contributed by atoms with Crippen molar-refractivity contribution >= 4 is 29.9 Å². The summed E-state index contributed by atoms with van der Waals surface area (Å²) in [5.41, 5.74) is 0.239. The third-order valence-corrected chi connectivity index (χ3v) is 3.88. The van der Waals surface area contributed by atoms with Gasteiger partial charge >= 0.3 is 5.97 Å². The van der Waals surface area contributed by atoms with Crippen LogP contribution in [0.4, 0.5) is 0 Å². The van der Waals surface area contributed by atoms with Gasteiger partial charge in [-0.3, -0.25) is 14.5 Å². The minimum Gasteiger partial charge on any atom is -0.480 e. The Balaban J connectivity index is 2.18. The molecule has 0 bridgehead atoms. The molecule has 0 aliphatic carbocycles. The van der Waals surface area contributed by atoms with Gasteiger partial charge in [0.15, 0.2) is 0 Å². The zero-order chi connectivity index (χ0) is 14.9. The first-order valence-corrected chi connectivity index (χ1v) is 7.06. The molecule has 0 radical (unpaired) electrons. The normalized spacial score (nSPS) is 22.9. The molecule has 0 aromatic carbocycles. The molecule has 0 saturated carbocycles. The number of nitrogens with one attached hydrogen (secondary N) is 2. The Morgan fingerprint density at radius 1 is 1.45 bits per heavy atom. The monoisotopic (exact) mass is 299 g/mol. The minimum atomic E-state index is -1.17. The number of amides is 2. The van der Waals surface area contributed by atoms with E-state index in [1.54, 1.807) is 6.20 Å². The van der Waals surface area contributed by atoms with Gasteiger partial charge in [0.2, 0.25) is 11.8 Å². The van der Waals surface area contributed by atoms with Gasteiger partial charge in [0.25, 0.3) is 0 Å². The van der Waals surface area contributed by atoms with Gasteiger partial charge in [-0.15, -0.1) is 0 Å². The van der Waals surface area contributed by atoms with Crippen molar-refractivity contribution in [2.75, 3.05) is 0 Å². The van der Waals surface area contributed by atoms with Crippen molar-refractivity contribution < 1.29 is 19.5 Å². The van der Waals surface area contributed by atoms with E-state index in [1.165, 1.54) is 12.1 Å². The molecule has 2 heterocycles. The highest BCUT2D eigenvalue weighted by Crippen LogP contribution is 2.33. The molecule has 2 amide bonds. The molecule has 0 aromatic rings. The third-order valence-electron chi connectivity index (χ3n) is 3.28. The Morgan fingerprint density at radius 3 is 2.50 bits per heavy atom. The molecule has 0 spiro atoms. The molecule has 3 N–H and O–H groups in total. The zero-order valence-corrected chi connectivity index (χ0v) is 12.1. The number of carboxylic acids is 1. The first kappa shape index (κ1) is 14.7. The van der Waals surface area contributed by atoms with Crippen LogP contribution in [0, 0.1) is 5.41 Å². The van der Waals surface area contributed by atoms with Crippen molar-refractivity contribution in [3.63, 3.8) is 0 Å². The summed E-state index contributed by atoms with van der Waals surface area (Å²) < 4.78 is 5.70. The predicted octanol–water partition coefficient (Wildman–Crippen LogP) is 0.602. The summed E-state index contributed by atoms with van der Waals surface area (Å²) in [7, 11) is 0. The lowest BCUT2D eigenvalue weighted by Gasteiger charge is -2.37. The fraction of sp³-hybridized carbons (Fsp3) is 0.583. The Bertz CT molecular complexity index is 469. The van der Waals surface area contributed by atoms with Crippen LogP contribution in [-0.2, 0) is 14.4 Å². The van der Waals surface area contributed by atoms with E-state index in [4.69, 9.17) is 0 Å². The van der Waals surface area contributed by atoms with E-state index >= 15 is 0 Å². The number of imide groups is 1. The summed E-state index contributed by atoms with van der Waals surface area (Å²) in [6.45, 7) is 3.66. The van der Waals surface area contributed by atoms with Gasteiger partial charge < -0.3 is 14.6 Å². The number of hydrogen-bond acceptors (Lipinski definition) is 6. The first-order valence-electron chi connectivity index (χ1n) is 6.24. The molecular weight excluding hydrogens is 282 g/mol. The maximum atomic E-state index is 12.1. The molecule has 2 aliphatic heterocycles. The van der Waals surface area contributed by atoms with Crippen LogP contribution in [0.2, 0.25) is 0 Å². The minimum absolute atomic E-state index is 0.0766. The van der Waals surface area contributed by atoms with Gasteiger partial charge in [-0.1, -0.05) is 13.8 Å². The highest BCUT2D eigenvalue weighted by atomic mass is 32.2. The van der Waals surface area contributed by atoms with E-state index in [0.717, 1.165) is 4.90 Å². The molecule has 1 unspecified atom stereocenters. The predicted molar refractivity (Wildman–Crippen MR) is 72.9 cm³/mol. The van der Waals surface area contributed by atoms with Gasteiger partial charge in [0, 0.05) is 31.2 Å². The Morgan fingerprint density at radius 2 is 2.05 bits per heavy atom. The molecule has 110 valence electrons. The fourth-order valence-electron chi connectivity index (χ4n) is 2.36. The summed E-state index contributed by atoms with van der Waals surface area (Å²) in [4.78, 5) is 36.6. The molecule has 8 heteroatoms. The number of hydrogen-bond donors (Lipinski definition) is 3. The summed E-state index contributed by atoms with van der Waals surface area (Å²) in [6, 6.07) is -1.16. The van der Waals surface area contributed by atoms with Crippen LogP contribution in [0.25, 0.3) is 0 Å². The maximum absolute atomic E-state index is 12.1. The maximum Gasteiger partial charge on any atom is 0.327 e. The van der Waals surface area contributed by atoms with Crippen LogP contribution in [0.5, 0.6) is 0 Å². The number of nitrogens with zero attached hydrogens (tertiary/aromatic N) is 1. The van der Waals surface area contributed by atoms with Gasteiger partial charge in [-0.25, -0.2) is 4.79 Å². The smallest absolute Gasteiger partial charge is 0.327 e. The lowest BCUT2D eigenvalue weighted by molar-refractivity contribution is -0.163. The van der Waals surface area contributed by atoms with Crippen LogP contribution >= 0.6 is 12.1 Å². The highest BCUT2D eigenvalue weighted by Gasteiger charge is 2.43. The Hall–Kier alpha value is -1.70. The average molecular weight is 299 g/mol. The van der Waals surface area contributed by atoms with E-state index < -0.39 is 29.2 Å². The lowest BCUT2D eigenvalue weighted by atomic mass is 9.81. The van der Waals surface area contributed by atoms with Crippen molar-refractivity contribution in [3.05, 3.63) is 11.9 Å². The summed E-state index contributed by atoms with van der Waals surface area (Å²) in [5, 5.41) is 9.32. The Labute approximate surface area is 121 Å². The standard InChI is InChI=1S/C12H17N3O4S/c1-12(2)4-9(16)15(10(17)5-12)8(11(18)19)3-7-6-13-20-14-7/h6,8,13-14H,3-5H2,1-2H3,(H,18,19). The first-order chi connectivity index (χ1) is 9.30. The van der Waals surface area contributed by atoms with E-state index in [9.17, 15) is 19.5 Å². The van der Waals surface area contributed by atoms with E-state index in [2.05, 4.69) is 9.44 Å². The number of carbonyl (C=O) groups is 3. The second-order valence-electron chi connectivity index (χ2n) is 5.72. The molecule has 7 nitrogen and oxygen atoms in total. The Kier molecular flexibility index (Phi) is 3.94. The van der Waals surface area contributed by atoms with Gasteiger partial charge in [0.1, 0.15) is 6.04 Å². The molecule has 2 rings (SSSR count). The highest BCUT2D eigenvalue weighted by molar-refractivity contribution is 7.95. The average Bonchev–Trinajstić information content (AvgIpc) is 2.77. The lowest BCUT2D eigenvalue weighted by Crippen LogP contribution is -2.54. The van der Waals surface area contributed by atoms with Crippen molar-refractivity contribution in [2.24, 2.45) is 5.41 Å². The van der Waals surface area contributed by atoms with Crippen molar-refractivity contribution in [3.8, 4) is 0 Å². The summed E-state index contributed by atoms with van der Waals surface area (Å²) >= 11 is 1.21. The van der Waals surface area contributed by atoms with Gasteiger partial charge in [-0.2, -0.15) is 0 Å². The van der Waals surface area contributed by atoms with E-state index in [1.807, 2.05) is 13.8 Å². The topological polar surface area (TPSA) is 98.7 Å². The van der Waals surface area contributed by atoms with Crippen LogP contribution < -0.4 is 9.44 Å². The fourth-order valence-corrected chi connectivity index (χ4v) is 2.89. The molecule has 1 atom stereocenters. The number of likely N-dealkylation sites (tertiary alicyclic amines) is 1. The number of rotatable bonds is 4. The number of piperidine rings is 1. The third kappa shape index (κ3) is 3.06. The van der Waals surface area contributed by atoms with Crippen molar-refractivity contribution in [2.45, 2.75) is 39.2 Å². The van der Waals surface area contributed by atoms with Crippen molar-refractivity contribution in [1.29, 1.82) is 0 Å². The van der Waals surface area contributed by atoms with Crippen LogP contribution in [0.15, 0.2) is 11.9 Å². The SMILES string of the molecule is CC1(C)CC(=O)N(C(CC2=CNSN2)C(=O)O)C(=O)C1. The second-order valence-corrected chi connectivity index (χ2v) is 6.37. The van der Waals surface area contributed by atoms with E-state index in [0.29, 0.717) is 5.70 Å². The largest absolute Gasteiger partial charge is 0.480 e. The van der Waals surface area contributed by atoms with Crippen LogP contribution in [0.3, 0.4) is 0 Å². The van der Waals surface area contributed by atoms with Crippen LogP contribution in [0.1, 0.15) is 33.1 Å². The zero-order valence-electron chi connectivity index (χ0n) is 11.3. The summed E-state index contributed by atoms with van der Waals surface area (Å²) in [5.74, 6) is -2.01. The molecule has 1 saturated heterocycles. The molecular formula is C12H17N3O4S. The number of carbonyl (C=O) groups excluding carboxylic acids is 2. The number of aliphatic carboxylic acids is 1. The molecule has 0 aromatic heterocycles. The summed E-state index contributed by atoms with van der Waals surface area (Å²) in [6.07, 6.45) is 2.07. The quantitative estimate of drug-likeness (QED) is 0.516. The molecule has 20 heavy (non-hydrogen) atoms. The number of carboxylic acid groups (broad SMARTS) is 1. The van der Waals surface area contributed by atoms with Crippen molar-refractivity contribution in [1.82, 2.24) is 14.3 Å².